The molecule has 0 aliphatic heterocycles. The molecule has 0 saturated heterocycles. The summed E-state index contributed by atoms with van der Waals surface area (Å²) in [5.41, 5.74) is 3.11. The van der Waals surface area contributed by atoms with E-state index in [2.05, 4.69) is 27.4 Å². The maximum Gasteiger partial charge on any atom is -0.0286 e. The van der Waals surface area contributed by atoms with Crippen molar-refractivity contribution >= 4 is 0 Å². The van der Waals surface area contributed by atoms with Crippen LogP contribution in [0.4, 0.5) is 0 Å². The van der Waals surface area contributed by atoms with Crippen LogP contribution in [0, 0.1) is 0 Å². The third kappa shape index (κ3) is 4.83. The Balaban J connectivity index is 3.82. The van der Waals surface area contributed by atoms with Crippen molar-refractivity contribution in [2.45, 2.75) is 46.5 Å². The standard InChI is InChI=1S/C11H20/c1-5-7-9-11(4)10(3)8-6-2/h5H,1,6-9H2,2-4H3/b11-10+. The largest absolute Gasteiger partial charge is 0.103 e. The van der Waals surface area contributed by atoms with Crippen molar-refractivity contribution in [3.63, 3.8) is 0 Å². The van der Waals surface area contributed by atoms with Crippen molar-refractivity contribution in [3.8, 4) is 0 Å². The van der Waals surface area contributed by atoms with Crippen molar-refractivity contribution < 1.29 is 0 Å². The normalized spacial score (nSPS) is 12.6. The Morgan fingerprint density at radius 3 is 2.18 bits per heavy atom. The van der Waals surface area contributed by atoms with Gasteiger partial charge in [0.25, 0.3) is 0 Å². The van der Waals surface area contributed by atoms with E-state index >= 15 is 0 Å². The number of rotatable bonds is 5. The summed E-state index contributed by atoms with van der Waals surface area (Å²) in [5.74, 6) is 0. The molecule has 0 aliphatic rings. The lowest BCUT2D eigenvalue weighted by atomic mass is 10.0. The monoisotopic (exact) mass is 152 g/mol. The van der Waals surface area contributed by atoms with E-state index in [1.54, 1.807) is 11.1 Å². The average Bonchev–Trinajstić information content (AvgIpc) is 2.00. The molecule has 0 atom stereocenters. The molecule has 0 amide bonds. The molecule has 0 fully saturated rings. The van der Waals surface area contributed by atoms with E-state index in [1.165, 1.54) is 19.3 Å². The van der Waals surface area contributed by atoms with Gasteiger partial charge >= 0.3 is 0 Å². The van der Waals surface area contributed by atoms with E-state index in [1.807, 2.05) is 6.08 Å². The van der Waals surface area contributed by atoms with Crippen molar-refractivity contribution in [1.29, 1.82) is 0 Å². The van der Waals surface area contributed by atoms with Crippen LogP contribution in [0.5, 0.6) is 0 Å². The highest BCUT2D eigenvalue weighted by Crippen LogP contribution is 2.14. The second kappa shape index (κ2) is 6.21. The summed E-state index contributed by atoms with van der Waals surface area (Å²) in [6.45, 7) is 10.4. The molecule has 0 spiro atoms. The van der Waals surface area contributed by atoms with E-state index in [4.69, 9.17) is 0 Å². The zero-order valence-electron chi connectivity index (χ0n) is 8.11. The van der Waals surface area contributed by atoms with Crippen LogP contribution in [-0.2, 0) is 0 Å². The minimum Gasteiger partial charge on any atom is -0.103 e. The van der Waals surface area contributed by atoms with E-state index in [-0.39, 0.29) is 0 Å². The SMILES string of the molecule is C=CCC/C(C)=C(\C)CCC. The molecule has 0 aromatic heterocycles. The molecule has 64 valence electrons. The van der Waals surface area contributed by atoms with Gasteiger partial charge in [0.1, 0.15) is 0 Å². The molecule has 11 heavy (non-hydrogen) atoms. The van der Waals surface area contributed by atoms with Gasteiger partial charge in [0.05, 0.1) is 0 Å². The summed E-state index contributed by atoms with van der Waals surface area (Å²) < 4.78 is 0. The summed E-state index contributed by atoms with van der Waals surface area (Å²) in [7, 11) is 0. The van der Waals surface area contributed by atoms with Gasteiger partial charge in [-0.15, -0.1) is 6.58 Å². The Hall–Kier alpha value is -0.520. The van der Waals surface area contributed by atoms with Crippen molar-refractivity contribution in [1.82, 2.24) is 0 Å². The molecule has 0 saturated carbocycles. The zero-order valence-corrected chi connectivity index (χ0v) is 8.11. The lowest BCUT2D eigenvalue weighted by Gasteiger charge is -2.04. The van der Waals surface area contributed by atoms with Gasteiger partial charge in [-0.2, -0.15) is 0 Å². The third-order valence-corrected chi connectivity index (χ3v) is 2.08. The van der Waals surface area contributed by atoms with Crippen LogP contribution in [0.25, 0.3) is 0 Å². The van der Waals surface area contributed by atoms with E-state index in [0.717, 1.165) is 6.42 Å². The molecular formula is C11H20. The van der Waals surface area contributed by atoms with Crippen LogP contribution < -0.4 is 0 Å². The average molecular weight is 152 g/mol. The van der Waals surface area contributed by atoms with Crippen LogP contribution in [-0.4, -0.2) is 0 Å². The number of allylic oxidation sites excluding steroid dienone is 3. The van der Waals surface area contributed by atoms with E-state index < -0.39 is 0 Å². The maximum absolute atomic E-state index is 3.72. The van der Waals surface area contributed by atoms with Crippen LogP contribution >= 0.6 is 0 Å². The molecule has 0 rings (SSSR count). The fourth-order valence-electron chi connectivity index (χ4n) is 1.12. The highest BCUT2D eigenvalue weighted by atomic mass is 14.0. The minimum atomic E-state index is 1.12. The van der Waals surface area contributed by atoms with Crippen LogP contribution in [0.3, 0.4) is 0 Å². The molecule has 0 heterocycles. The summed E-state index contributed by atoms with van der Waals surface area (Å²) >= 11 is 0. The fraction of sp³-hybridized carbons (Fsp3) is 0.636. The second-order valence-corrected chi connectivity index (χ2v) is 3.14. The summed E-state index contributed by atoms with van der Waals surface area (Å²) in [6, 6.07) is 0. The molecule has 0 radical (unpaired) electrons. The van der Waals surface area contributed by atoms with Crippen LogP contribution in [0.2, 0.25) is 0 Å². The Labute approximate surface area is 71.0 Å². The first-order valence-electron chi connectivity index (χ1n) is 4.48. The molecular weight excluding hydrogens is 132 g/mol. The topological polar surface area (TPSA) is 0 Å². The van der Waals surface area contributed by atoms with Crippen LogP contribution in [0.1, 0.15) is 46.5 Å². The first kappa shape index (κ1) is 10.5. The highest BCUT2D eigenvalue weighted by Gasteiger charge is 1.94. The molecule has 0 aromatic carbocycles. The van der Waals surface area contributed by atoms with Gasteiger partial charge in [-0.1, -0.05) is 30.6 Å². The van der Waals surface area contributed by atoms with Gasteiger partial charge in [-0.3, -0.25) is 0 Å². The Morgan fingerprint density at radius 2 is 1.73 bits per heavy atom. The molecule has 0 N–H and O–H groups in total. The summed E-state index contributed by atoms with van der Waals surface area (Å²) in [5, 5.41) is 0. The minimum absolute atomic E-state index is 1.12. The molecule has 0 aliphatic carbocycles. The number of hydrogen-bond donors (Lipinski definition) is 0. The maximum atomic E-state index is 3.72. The zero-order chi connectivity index (χ0) is 8.69. The Morgan fingerprint density at radius 1 is 1.18 bits per heavy atom. The van der Waals surface area contributed by atoms with Crippen molar-refractivity contribution in [2.24, 2.45) is 0 Å². The Bertz CT molecular complexity index is 140. The van der Waals surface area contributed by atoms with Gasteiger partial charge in [-0.25, -0.2) is 0 Å². The highest BCUT2D eigenvalue weighted by molar-refractivity contribution is 5.09. The van der Waals surface area contributed by atoms with Gasteiger partial charge in [0, 0.05) is 0 Å². The van der Waals surface area contributed by atoms with Gasteiger partial charge in [0.15, 0.2) is 0 Å². The van der Waals surface area contributed by atoms with E-state index in [0.29, 0.717) is 0 Å². The summed E-state index contributed by atoms with van der Waals surface area (Å²) in [6.07, 6.45) is 6.81. The molecule has 0 bridgehead atoms. The van der Waals surface area contributed by atoms with Gasteiger partial charge < -0.3 is 0 Å². The van der Waals surface area contributed by atoms with Gasteiger partial charge in [-0.05, 0) is 33.1 Å². The number of hydrogen-bond acceptors (Lipinski definition) is 0. The van der Waals surface area contributed by atoms with Gasteiger partial charge in [0.2, 0.25) is 0 Å². The lowest BCUT2D eigenvalue weighted by molar-refractivity contribution is 0.858. The Kier molecular flexibility index (Phi) is 5.91. The quantitative estimate of drug-likeness (QED) is 0.520. The van der Waals surface area contributed by atoms with E-state index in [9.17, 15) is 0 Å². The predicted octanol–water partition coefficient (Wildman–Crippen LogP) is 4.09. The van der Waals surface area contributed by atoms with Crippen molar-refractivity contribution in [3.05, 3.63) is 23.8 Å². The summed E-state index contributed by atoms with van der Waals surface area (Å²) in [4.78, 5) is 0. The molecule has 0 heteroatoms. The fourth-order valence-corrected chi connectivity index (χ4v) is 1.12. The predicted molar refractivity (Wildman–Crippen MR) is 52.7 cm³/mol. The van der Waals surface area contributed by atoms with Crippen molar-refractivity contribution in [2.75, 3.05) is 0 Å². The first-order valence-corrected chi connectivity index (χ1v) is 4.48. The first-order chi connectivity index (χ1) is 5.22. The molecule has 0 aromatic rings. The smallest absolute Gasteiger partial charge is 0.0286 e. The second-order valence-electron chi connectivity index (χ2n) is 3.14. The van der Waals surface area contributed by atoms with Crippen LogP contribution in [0.15, 0.2) is 23.8 Å². The molecule has 0 unspecified atom stereocenters. The lowest BCUT2D eigenvalue weighted by Crippen LogP contribution is -1.83. The molecule has 0 nitrogen and oxygen atoms in total. The third-order valence-electron chi connectivity index (χ3n) is 2.08.